The lowest BCUT2D eigenvalue weighted by Gasteiger charge is -2.42. The molecule has 0 unspecified atom stereocenters. The van der Waals surface area contributed by atoms with E-state index in [1.165, 1.54) is 14.0 Å². The van der Waals surface area contributed by atoms with Gasteiger partial charge >= 0.3 is 12.2 Å². The molecule has 0 radical (unpaired) electrons. The number of likely N-dealkylation sites (tertiary alicyclic amines) is 1. The maximum Gasteiger partial charge on any atom is 0.433 e. The van der Waals surface area contributed by atoms with Gasteiger partial charge in [-0.3, -0.25) is 4.90 Å². The Morgan fingerprint density at radius 1 is 1.40 bits per heavy atom. The summed E-state index contributed by atoms with van der Waals surface area (Å²) in [7, 11) is 1.21. The molecule has 0 saturated carbocycles. The fourth-order valence-corrected chi connectivity index (χ4v) is 2.24. The van der Waals surface area contributed by atoms with E-state index in [1.807, 2.05) is 0 Å². The van der Waals surface area contributed by atoms with Crippen LogP contribution in [0.15, 0.2) is 6.20 Å². The van der Waals surface area contributed by atoms with E-state index >= 15 is 0 Å². The zero-order valence-electron chi connectivity index (χ0n) is 11.2. The fourth-order valence-electron chi connectivity index (χ4n) is 2.24. The average Bonchev–Trinajstić information content (AvgIpc) is 2.32. The molecule has 1 saturated heterocycles. The van der Waals surface area contributed by atoms with Crippen LogP contribution in [0.1, 0.15) is 18.2 Å². The minimum Gasteiger partial charge on any atom is -0.467 e. The van der Waals surface area contributed by atoms with Gasteiger partial charge in [0.1, 0.15) is 5.67 Å². The number of halogens is 4. The lowest BCUT2D eigenvalue weighted by Crippen LogP contribution is -2.57. The van der Waals surface area contributed by atoms with Gasteiger partial charge in [-0.05, 0) is 13.3 Å². The van der Waals surface area contributed by atoms with Crippen molar-refractivity contribution in [3.8, 4) is 6.01 Å². The van der Waals surface area contributed by atoms with E-state index in [0.717, 1.165) is 6.20 Å². The molecule has 20 heavy (non-hydrogen) atoms. The number of ether oxygens (including phenoxy) is 1. The molecule has 2 heterocycles. The van der Waals surface area contributed by atoms with Crippen LogP contribution in [0.4, 0.5) is 17.6 Å². The molecule has 1 aromatic rings. The second-order valence-corrected chi connectivity index (χ2v) is 5.10. The Labute approximate surface area is 113 Å². The van der Waals surface area contributed by atoms with Gasteiger partial charge in [-0.1, -0.05) is 0 Å². The van der Waals surface area contributed by atoms with Crippen molar-refractivity contribution in [3.63, 3.8) is 0 Å². The normalized spacial score (nSPS) is 18.7. The summed E-state index contributed by atoms with van der Waals surface area (Å²) >= 11 is 0. The van der Waals surface area contributed by atoms with Crippen LogP contribution in [0.2, 0.25) is 0 Å². The number of aromatic nitrogens is 2. The van der Waals surface area contributed by atoms with Crippen LogP contribution in [-0.4, -0.2) is 47.3 Å². The Hall–Kier alpha value is -1.44. The Balaban J connectivity index is 2.07. The van der Waals surface area contributed by atoms with E-state index < -0.39 is 17.5 Å². The van der Waals surface area contributed by atoms with Gasteiger partial charge in [-0.25, -0.2) is 9.37 Å². The average molecular weight is 293 g/mol. The third kappa shape index (κ3) is 3.36. The highest BCUT2D eigenvalue weighted by molar-refractivity contribution is 5.22. The molecule has 4 nitrogen and oxygen atoms in total. The lowest BCUT2D eigenvalue weighted by molar-refractivity contribution is -0.142. The van der Waals surface area contributed by atoms with Crippen molar-refractivity contribution in [2.75, 3.05) is 26.7 Å². The molecule has 1 aliphatic rings. The van der Waals surface area contributed by atoms with Gasteiger partial charge < -0.3 is 4.74 Å². The minimum absolute atomic E-state index is 0.00855. The predicted octanol–water partition coefficient (Wildman–Crippen LogP) is 2.09. The first-order chi connectivity index (χ1) is 9.21. The Bertz CT molecular complexity index is 482. The number of nitrogens with zero attached hydrogens (tertiary/aromatic N) is 3. The van der Waals surface area contributed by atoms with Crippen LogP contribution >= 0.6 is 0 Å². The number of alkyl halides is 4. The van der Waals surface area contributed by atoms with Crippen LogP contribution in [-0.2, 0) is 12.6 Å². The molecule has 0 aliphatic carbocycles. The molecule has 0 N–H and O–H groups in total. The van der Waals surface area contributed by atoms with E-state index in [2.05, 4.69) is 14.7 Å². The molecule has 1 aliphatic heterocycles. The third-order valence-electron chi connectivity index (χ3n) is 3.10. The molecular formula is C12H15F4N3O. The summed E-state index contributed by atoms with van der Waals surface area (Å²) in [4.78, 5) is 8.81. The van der Waals surface area contributed by atoms with E-state index in [9.17, 15) is 17.6 Å². The molecule has 8 heteroatoms. The first-order valence-electron chi connectivity index (χ1n) is 6.10. The molecule has 2 rings (SSSR count). The van der Waals surface area contributed by atoms with Crippen molar-refractivity contribution in [1.82, 2.24) is 14.9 Å². The first-order valence-corrected chi connectivity index (χ1v) is 6.10. The van der Waals surface area contributed by atoms with Gasteiger partial charge in [0.2, 0.25) is 0 Å². The van der Waals surface area contributed by atoms with Crippen molar-refractivity contribution < 1.29 is 22.3 Å². The lowest BCUT2D eigenvalue weighted by atomic mass is 9.98. The fraction of sp³-hybridized carbons (Fsp3) is 0.667. The van der Waals surface area contributed by atoms with Crippen molar-refractivity contribution in [2.24, 2.45) is 0 Å². The Morgan fingerprint density at radius 3 is 2.55 bits per heavy atom. The van der Waals surface area contributed by atoms with E-state index in [0.29, 0.717) is 6.54 Å². The van der Waals surface area contributed by atoms with Crippen LogP contribution in [0.5, 0.6) is 6.01 Å². The van der Waals surface area contributed by atoms with Crippen LogP contribution in [0.25, 0.3) is 0 Å². The molecule has 112 valence electrons. The summed E-state index contributed by atoms with van der Waals surface area (Å²) in [5, 5.41) is 0. The molecule has 0 amide bonds. The molecule has 0 bridgehead atoms. The van der Waals surface area contributed by atoms with E-state index in [-0.39, 0.29) is 31.1 Å². The van der Waals surface area contributed by atoms with Crippen molar-refractivity contribution in [2.45, 2.75) is 25.2 Å². The standard InChI is InChI=1S/C12H15F4N3O/c1-11(13)6-19(7-11)4-3-8-5-17-10(20-2)18-9(8)12(14,15)16/h5H,3-4,6-7H2,1-2H3. The molecule has 0 aromatic carbocycles. The largest absolute Gasteiger partial charge is 0.467 e. The zero-order valence-corrected chi connectivity index (χ0v) is 11.2. The highest BCUT2D eigenvalue weighted by atomic mass is 19.4. The summed E-state index contributed by atoms with van der Waals surface area (Å²) in [5.74, 6) is 0. The molecule has 0 spiro atoms. The second kappa shape index (κ2) is 5.16. The monoisotopic (exact) mass is 293 g/mol. The van der Waals surface area contributed by atoms with Gasteiger partial charge in [0.25, 0.3) is 0 Å². The maximum absolute atomic E-state index is 13.3. The van der Waals surface area contributed by atoms with Crippen molar-refractivity contribution in [1.29, 1.82) is 0 Å². The minimum atomic E-state index is -4.56. The summed E-state index contributed by atoms with van der Waals surface area (Å²) in [5.41, 5.74) is -2.23. The third-order valence-corrected chi connectivity index (χ3v) is 3.10. The van der Waals surface area contributed by atoms with Crippen LogP contribution in [0.3, 0.4) is 0 Å². The van der Waals surface area contributed by atoms with Gasteiger partial charge in [-0.2, -0.15) is 18.2 Å². The Kier molecular flexibility index (Phi) is 3.86. The molecular weight excluding hydrogens is 278 g/mol. The highest BCUT2D eigenvalue weighted by Gasteiger charge is 2.39. The molecule has 1 fully saturated rings. The molecule has 0 atom stereocenters. The van der Waals surface area contributed by atoms with Gasteiger partial charge in [-0.15, -0.1) is 0 Å². The first kappa shape index (κ1) is 15.0. The topological polar surface area (TPSA) is 38.2 Å². The Morgan fingerprint density at radius 2 is 2.05 bits per heavy atom. The van der Waals surface area contributed by atoms with Crippen molar-refractivity contribution in [3.05, 3.63) is 17.5 Å². The van der Waals surface area contributed by atoms with Gasteiger partial charge in [0.05, 0.1) is 7.11 Å². The quantitative estimate of drug-likeness (QED) is 0.797. The number of rotatable bonds is 4. The van der Waals surface area contributed by atoms with E-state index in [1.54, 1.807) is 4.90 Å². The molecule has 1 aromatic heterocycles. The summed E-state index contributed by atoms with van der Waals surface area (Å²) in [6.07, 6.45) is -3.33. The van der Waals surface area contributed by atoms with Gasteiger partial charge in [0.15, 0.2) is 5.69 Å². The smallest absolute Gasteiger partial charge is 0.433 e. The van der Waals surface area contributed by atoms with Crippen molar-refractivity contribution >= 4 is 0 Å². The SMILES string of the molecule is COc1ncc(CCN2CC(C)(F)C2)c(C(F)(F)F)n1. The number of hydrogen-bond donors (Lipinski definition) is 0. The second-order valence-electron chi connectivity index (χ2n) is 5.10. The number of hydrogen-bond acceptors (Lipinski definition) is 4. The predicted molar refractivity (Wildman–Crippen MR) is 63.2 cm³/mol. The van der Waals surface area contributed by atoms with Crippen LogP contribution in [0, 0.1) is 0 Å². The highest BCUT2D eigenvalue weighted by Crippen LogP contribution is 2.32. The van der Waals surface area contributed by atoms with Gasteiger partial charge in [0, 0.05) is 31.4 Å². The van der Waals surface area contributed by atoms with Crippen LogP contribution < -0.4 is 4.74 Å². The van der Waals surface area contributed by atoms with E-state index in [4.69, 9.17) is 0 Å². The maximum atomic E-state index is 13.3. The summed E-state index contributed by atoms with van der Waals surface area (Å²) in [6, 6.07) is -0.318. The zero-order chi connectivity index (χ0) is 15.0. The number of methoxy groups -OCH3 is 1. The summed E-state index contributed by atoms with van der Waals surface area (Å²) < 4.78 is 56.6. The summed E-state index contributed by atoms with van der Waals surface area (Å²) in [6.45, 7) is 2.30.